The average Bonchev–Trinajstić information content (AvgIpc) is 2.74. The number of rotatable bonds is 2. The molecule has 5 nitrogen and oxygen atoms in total. The van der Waals surface area contributed by atoms with Crippen LogP contribution < -0.4 is 16.2 Å². The molecule has 0 bridgehead atoms. The zero-order chi connectivity index (χ0) is 12.5. The van der Waals surface area contributed by atoms with E-state index >= 15 is 0 Å². The van der Waals surface area contributed by atoms with E-state index in [1.807, 2.05) is 12.1 Å². The molecule has 0 radical (unpaired) electrons. The van der Waals surface area contributed by atoms with Crippen molar-refractivity contribution >= 4 is 17.5 Å². The molecule has 2 aromatic rings. The van der Waals surface area contributed by atoms with E-state index in [0.717, 1.165) is 12.2 Å². The standard InChI is InChI=1S/C13H15N5/c1-9-8-10-4-2-3-5-11(10)18(9)12-6-7-15-13(16-12)17-14/h2-7,9H,8,14H2,1H3,(H,15,16,17). The molecular weight excluding hydrogens is 226 g/mol. The van der Waals surface area contributed by atoms with E-state index in [4.69, 9.17) is 5.84 Å². The van der Waals surface area contributed by atoms with Gasteiger partial charge in [0.2, 0.25) is 5.95 Å². The van der Waals surface area contributed by atoms with Gasteiger partial charge >= 0.3 is 0 Å². The van der Waals surface area contributed by atoms with Crippen LogP contribution in [0.15, 0.2) is 36.5 Å². The first-order valence-corrected chi connectivity index (χ1v) is 5.96. The zero-order valence-electron chi connectivity index (χ0n) is 10.2. The third-order valence-corrected chi connectivity index (χ3v) is 3.22. The lowest BCUT2D eigenvalue weighted by Gasteiger charge is -2.23. The molecule has 5 heteroatoms. The topological polar surface area (TPSA) is 67.1 Å². The van der Waals surface area contributed by atoms with Crippen molar-refractivity contribution in [3.8, 4) is 0 Å². The van der Waals surface area contributed by atoms with E-state index in [1.54, 1.807) is 6.20 Å². The smallest absolute Gasteiger partial charge is 0.239 e. The summed E-state index contributed by atoms with van der Waals surface area (Å²) in [5.41, 5.74) is 5.05. The molecule has 3 rings (SSSR count). The number of hydrazine groups is 1. The van der Waals surface area contributed by atoms with Crippen molar-refractivity contribution in [2.24, 2.45) is 5.84 Å². The average molecular weight is 241 g/mol. The van der Waals surface area contributed by atoms with Crippen LogP contribution in [0.2, 0.25) is 0 Å². The van der Waals surface area contributed by atoms with E-state index in [2.05, 4.69) is 45.4 Å². The van der Waals surface area contributed by atoms with Gasteiger partial charge in [0.25, 0.3) is 0 Å². The number of nitrogen functional groups attached to an aromatic ring is 1. The van der Waals surface area contributed by atoms with E-state index in [0.29, 0.717) is 12.0 Å². The molecule has 0 amide bonds. The van der Waals surface area contributed by atoms with Crippen LogP contribution in [0.1, 0.15) is 12.5 Å². The summed E-state index contributed by atoms with van der Waals surface area (Å²) >= 11 is 0. The highest BCUT2D eigenvalue weighted by molar-refractivity contribution is 5.69. The summed E-state index contributed by atoms with van der Waals surface area (Å²) < 4.78 is 0. The molecule has 1 atom stereocenters. The van der Waals surface area contributed by atoms with Gasteiger partial charge in [-0.1, -0.05) is 18.2 Å². The number of fused-ring (bicyclic) bond motifs is 1. The molecule has 92 valence electrons. The highest BCUT2D eigenvalue weighted by atomic mass is 15.3. The van der Waals surface area contributed by atoms with Crippen LogP contribution in [-0.2, 0) is 6.42 Å². The quantitative estimate of drug-likeness (QED) is 0.620. The summed E-state index contributed by atoms with van der Waals surface area (Å²) in [6.45, 7) is 2.19. The maximum Gasteiger partial charge on any atom is 0.239 e. The lowest BCUT2D eigenvalue weighted by molar-refractivity contribution is 0.749. The number of para-hydroxylation sites is 1. The summed E-state index contributed by atoms with van der Waals surface area (Å²) in [5.74, 6) is 6.66. The van der Waals surface area contributed by atoms with Gasteiger partial charge in [-0.15, -0.1) is 0 Å². The molecule has 1 aliphatic rings. The summed E-state index contributed by atoms with van der Waals surface area (Å²) in [5, 5.41) is 0. The summed E-state index contributed by atoms with van der Waals surface area (Å²) in [4.78, 5) is 10.7. The molecule has 1 unspecified atom stereocenters. The highest BCUT2D eigenvalue weighted by Gasteiger charge is 2.27. The van der Waals surface area contributed by atoms with Crippen molar-refractivity contribution in [1.82, 2.24) is 9.97 Å². The van der Waals surface area contributed by atoms with Crippen molar-refractivity contribution in [3.05, 3.63) is 42.1 Å². The Morgan fingerprint density at radius 3 is 3.00 bits per heavy atom. The fourth-order valence-electron chi connectivity index (χ4n) is 2.47. The largest absolute Gasteiger partial charge is 0.323 e. The minimum atomic E-state index is 0.392. The highest BCUT2D eigenvalue weighted by Crippen LogP contribution is 2.36. The van der Waals surface area contributed by atoms with Gasteiger partial charge in [-0.2, -0.15) is 4.98 Å². The van der Waals surface area contributed by atoms with Crippen LogP contribution in [0.25, 0.3) is 0 Å². The van der Waals surface area contributed by atoms with Gasteiger partial charge in [-0.25, -0.2) is 10.8 Å². The van der Waals surface area contributed by atoms with E-state index in [-0.39, 0.29) is 0 Å². The normalized spacial score (nSPS) is 17.7. The third kappa shape index (κ3) is 1.69. The third-order valence-electron chi connectivity index (χ3n) is 3.22. The molecule has 0 spiro atoms. The first kappa shape index (κ1) is 11.0. The van der Waals surface area contributed by atoms with E-state index in [1.165, 1.54) is 11.3 Å². The second kappa shape index (κ2) is 4.27. The fourth-order valence-corrected chi connectivity index (χ4v) is 2.47. The Bertz CT molecular complexity index is 569. The molecule has 0 fully saturated rings. The monoisotopic (exact) mass is 241 g/mol. The van der Waals surface area contributed by atoms with Gasteiger partial charge in [0.1, 0.15) is 5.82 Å². The molecule has 1 aliphatic heterocycles. The van der Waals surface area contributed by atoms with Gasteiger partial charge in [-0.3, -0.25) is 5.43 Å². The van der Waals surface area contributed by atoms with Gasteiger partial charge in [0, 0.05) is 17.9 Å². The molecule has 1 aromatic heterocycles. The molecule has 1 aromatic carbocycles. The molecular formula is C13H15N5. The summed E-state index contributed by atoms with van der Waals surface area (Å²) in [6, 6.07) is 10.7. The molecule has 3 N–H and O–H groups in total. The van der Waals surface area contributed by atoms with Crippen LogP contribution in [-0.4, -0.2) is 16.0 Å². The van der Waals surface area contributed by atoms with Crippen LogP contribution >= 0.6 is 0 Å². The lowest BCUT2D eigenvalue weighted by Crippen LogP contribution is -2.25. The first-order chi connectivity index (χ1) is 8.79. The fraction of sp³-hybridized carbons (Fsp3) is 0.231. The van der Waals surface area contributed by atoms with Crippen molar-refractivity contribution < 1.29 is 0 Å². The predicted molar refractivity (Wildman–Crippen MR) is 71.6 cm³/mol. The SMILES string of the molecule is CC1Cc2ccccc2N1c1ccnc(NN)n1. The van der Waals surface area contributed by atoms with E-state index < -0.39 is 0 Å². The van der Waals surface area contributed by atoms with Gasteiger partial charge in [0.15, 0.2) is 0 Å². The molecule has 2 heterocycles. The molecule has 0 aliphatic carbocycles. The number of anilines is 3. The maximum atomic E-state index is 5.35. The molecule has 0 saturated heterocycles. The first-order valence-electron chi connectivity index (χ1n) is 5.96. The molecule has 0 saturated carbocycles. The minimum absolute atomic E-state index is 0.392. The number of aromatic nitrogens is 2. The number of hydrogen-bond acceptors (Lipinski definition) is 5. The van der Waals surface area contributed by atoms with Crippen LogP contribution in [0.3, 0.4) is 0 Å². The Balaban J connectivity index is 2.06. The van der Waals surface area contributed by atoms with Crippen molar-refractivity contribution in [2.45, 2.75) is 19.4 Å². The number of nitrogens with one attached hydrogen (secondary N) is 1. The Kier molecular flexibility index (Phi) is 2.60. The predicted octanol–water partition coefficient (Wildman–Crippen LogP) is 1.84. The Labute approximate surface area is 106 Å². The summed E-state index contributed by atoms with van der Waals surface area (Å²) in [7, 11) is 0. The van der Waals surface area contributed by atoms with Gasteiger partial charge in [-0.05, 0) is 31.0 Å². The van der Waals surface area contributed by atoms with Crippen LogP contribution in [0.4, 0.5) is 17.5 Å². The van der Waals surface area contributed by atoms with Gasteiger partial charge < -0.3 is 4.90 Å². The van der Waals surface area contributed by atoms with Crippen LogP contribution in [0.5, 0.6) is 0 Å². The van der Waals surface area contributed by atoms with Crippen LogP contribution in [0, 0.1) is 0 Å². The zero-order valence-corrected chi connectivity index (χ0v) is 10.2. The van der Waals surface area contributed by atoms with Crippen molar-refractivity contribution in [1.29, 1.82) is 0 Å². The Hall–Kier alpha value is -2.14. The maximum absolute atomic E-state index is 5.35. The second-order valence-corrected chi connectivity index (χ2v) is 4.43. The Morgan fingerprint density at radius 1 is 1.33 bits per heavy atom. The summed E-state index contributed by atoms with van der Waals surface area (Å²) in [6.07, 6.45) is 2.75. The number of hydrogen-bond donors (Lipinski definition) is 2. The number of nitrogens with two attached hydrogens (primary N) is 1. The van der Waals surface area contributed by atoms with E-state index in [9.17, 15) is 0 Å². The number of benzene rings is 1. The van der Waals surface area contributed by atoms with Gasteiger partial charge in [0.05, 0.1) is 0 Å². The molecule has 18 heavy (non-hydrogen) atoms. The Morgan fingerprint density at radius 2 is 2.17 bits per heavy atom. The number of nitrogens with zero attached hydrogens (tertiary/aromatic N) is 3. The van der Waals surface area contributed by atoms with Crippen molar-refractivity contribution in [2.75, 3.05) is 10.3 Å². The second-order valence-electron chi connectivity index (χ2n) is 4.43. The lowest BCUT2D eigenvalue weighted by atomic mass is 10.1. The minimum Gasteiger partial charge on any atom is -0.323 e. The van der Waals surface area contributed by atoms with Crippen molar-refractivity contribution in [3.63, 3.8) is 0 Å².